The molecular weight excluding hydrogens is 416 g/mol. The summed E-state index contributed by atoms with van der Waals surface area (Å²) in [7, 11) is 3.28. The molecule has 2 bridgehead atoms. The van der Waals surface area contributed by atoms with E-state index in [1.54, 1.807) is 26.3 Å². The second kappa shape index (κ2) is 8.55. The zero-order valence-corrected chi connectivity index (χ0v) is 18.2. The number of hydrogen-bond donors (Lipinski definition) is 2. The lowest BCUT2D eigenvalue weighted by molar-refractivity contribution is 0.0457. The number of hydrogen-bond acceptors (Lipinski definition) is 7. The molecular formula is C21H28N6O5. The van der Waals surface area contributed by atoms with Crippen LogP contribution in [0.1, 0.15) is 60.1 Å². The summed E-state index contributed by atoms with van der Waals surface area (Å²) >= 11 is 0. The molecule has 2 N–H and O–H groups in total. The van der Waals surface area contributed by atoms with Crippen LogP contribution in [0.3, 0.4) is 0 Å². The maximum Gasteiger partial charge on any atom is 0.410 e. The van der Waals surface area contributed by atoms with Crippen LogP contribution in [0.2, 0.25) is 0 Å². The standard InChI is InChI=1S/C21H28N6O5/c1-26-17(7-12(25-26)10-30-2)20(28)22-19-9-16(23-24-19)18-8-15(11-31-18)32-21(29)27-13-3-4-14(27)6-5-13/h7,9,13-15,18H,3-6,8,10-11H2,1-2H3,(H2,22,23,24,28)/t13?,14?,15-,18-/m0/s1. The largest absolute Gasteiger partial charge is 0.444 e. The first-order valence-electron chi connectivity index (χ1n) is 11.0. The van der Waals surface area contributed by atoms with Gasteiger partial charge in [0.1, 0.15) is 17.9 Å². The molecule has 0 unspecified atom stereocenters. The smallest absolute Gasteiger partial charge is 0.410 e. The molecule has 0 spiro atoms. The van der Waals surface area contributed by atoms with E-state index in [0.717, 1.165) is 31.4 Å². The molecule has 3 saturated heterocycles. The van der Waals surface area contributed by atoms with Crippen LogP contribution in [0.25, 0.3) is 0 Å². The number of rotatable bonds is 6. The molecule has 2 atom stereocenters. The highest BCUT2D eigenvalue weighted by molar-refractivity contribution is 6.02. The van der Waals surface area contributed by atoms with Gasteiger partial charge in [0.05, 0.1) is 24.6 Å². The number of ether oxygens (including phenoxy) is 3. The van der Waals surface area contributed by atoms with Gasteiger partial charge in [0.2, 0.25) is 0 Å². The van der Waals surface area contributed by atoms with Crippen molar-refractivity contribution >= 4 is 17.8 Å². The van der Waals surface area contributed by atoms with E-state index in [1.165, 1.54) is 4.68 Å². The zero-order chi connectivity index (χ0) is 22.2. The third kappa shape index (κ3) is 3.97. The Balaban J connectivity index is 1.16. The predicted octanol–water partition coefficient (Wildman–Crippen LogP) is 2.14. The van der Waals surface area contributed by atoms with E-state index in [9.17, 15) is 9.59 Å². The van der Waals surface area contributed by atoms with E-state index in [1.807, 2.05) is 4.90 Å². The van der Waals surface area contributed by atoms with Crippen molar-refractivity contribution in [2.45, 2.75) is 63.0 Å². The Morgan fingerprint density at radius 3 is 2.72 bits per heavy atom. The number of anilines is 1. The number of aromatic amines is 1. The fourth-order valence-electron chi connectivity index (χ4n) is 5.02. The van der Waals surface area contributed by atoms with Gasteiger partial charge in [0.25, 0.3) is 5.91 Å². The Bertz CT molecular complexity index is 983. The van der Waals surface area contributed by atoms with Crippen LogP contribution in [-0.2, 0) is 27.9 Å². The van der Waals surface area contributed by atoms with E-state index in [2.05, 4.69) is 20.6 Å². The maximum absolute atomic E-state index is 12.6. The van der Waals surface area contributed by atoms with Crippen molar-refractivity contribution in [3.05, 3.63) is 29.2 Å². The number of aromatic nitrogens is 4. The molecule has 2 amide bonds. The second-order valence-electron chi connectivity index (χ2n) is 8.67. The van der Waals surface area contributed by atoms with Gasteiger partial charge in [0, 0.05) is 38.7 Å². The van der Waals surface area contributed by atoms with Crippen LogP contribution in [-0.4, -0.2) is 68.8 Å². The van der Waals surface area contributed by atoms with Gasteiger partial charge in [-0.3, -0.25) is 14.6 Å². The van der Waals surface area contributed by atoms with Crippen molar-refractivity contribution < 1.29 is 23.8 Å². The Kier molecular flexibility index (Phi) is 5.60. The van der Waals surface area contributed by atoms with Gasteiger partial charge >= 0.3 is 6.09 Å². The molecule has 2 aromatic rings. The first-order valence-corrected chi connectivity index (χ1v) is 11.0. The van der Waals surface area contributed by atoms with E-state index in [-0.39, 0.29) is 24.2 Å². The van der Waals surface area contributed by atoms with Gasteiger partial charge in [-0.2, -0.15) is 10.2 Å². The fraction of sp³-hybridized carbons (Fsp3) is 0.619. The van der Waals surface area contributed by atoms with Crippen molar-refractivity contribution in [2.24, 2.45) is 7.05 Å². The number of methoxy groups -OCH3 is 1. The molecule has 3 aliphatic rings. The van der Waals surface area contributed by atoms with Gasteiger partial charge in [0.15, 0.2) is 5.82 Å². The van der Waals surface area contributed by atoms with Crippen molar-refractivity contribution in [1.29, 1.82) is 0 Å². The number of nitrogens with zero attached hydrogens (tertiary/aromatic N) is 4. The summed E-state index contributed by atoms with van der Waals surface area (Å²) in [6, 6.07) is 4.10. The molecule has 11 nitrogen and oxygen atoms in total. The third-order valence-electron chi connectivity index (χ3n) is 6.53. The molecule has 0 aliphatic carbocycles. The number of nitrogens with one attached hydrogen (secondary N) is 2. The quantitative estimate of drug-likeness (QED) is 0.699. The summed E-state index contributed by atoms with van der Waals surface area (Å²) in [5.74, 6) is 0.0666. The van der Waals surface area contributed by atoms with Crippen molar-refractivity contribution in [3.8, 4) is 0 Å². The third-order valence-corrected chi connectivity index (χ3v) is 6.53. The Labute approximate surface area is 185 Å². The van der Waals surface area contributed by atoms with Crippen molar-refractivity contribution in [2.75, 3.05) is 19.0 Å². The highest BCUT2D eigenvalue weighted by Crippen LogP contribution is 2.38. The molecule has 0 radical (unpaired) electrons. The van der Waals surface area contributed by atoms with Crippen molar-refractivity contribution in [1.82, 2.24) is 24.9 Å². The summed E-state index contributed by atoms with van der Waals surface area (Å²) in [5.41, 5.74) is 1.80. The minimum Gasteiger partial charge on any atom is -0.444 e. The van der Waals surface area contributed by atoms with Gasteiger partial charge in [-0.1, -0.05) is 0 Å². The Morgan fingerprint density at radius 2 is 2.00 bits per heavy atom. The first kappa shape index (κ1) is 21.0. The minimum atomic E-state index is -0.320. The van der Waals surface area contributed by atoms with Crippen LogP contribution in [0.15, 0.2) is 12.1 Å². The number of carbonyl (C=O) groups is 2. The fourth-order valence-corrected chi connectivity index (χ4v) is 5.02. The zero-order valence-electron chi connectivity index (χ0n) is 18.2. The van der Waals surface area contributed by atoms with Gasteiger partial charge in [-0.25, -0.2) is 4.79 Å². The number of aryl methyl sites for hydroxylation is 1. The van der Waals surface area contributed by atoms with Gasteiger partial charge < -0.3 is 24.4 Å². The maximum atomic E-state index is 12.6. The lowest BCUT2D eigenvalue weighted by atomic mass is 10.0. The highest BCUT2D eigenvalue weighted by Gasteiger charge is 2.44. The molecule has 5 heterocycles. The van der Waals surface area contributed by atoms with Crippen LogP contribution < -0.4 is 5.32 Å². The molecule has 172 valence electrons. The summed E-state index contributed by atoms with van der Waals surface area (Å²) in [6.45, 7) is 0.676. The normalized spacial score (nSPS) is 26.6. The average molecular weight is 444 g/mol. The number of fused-ring (bicyclic) bond motifs is 2. The molecule has 0 saturated carbocycles. The van der Waals surface area contributed by atoms with Crippen LogP contribution in [0, 0.1) is 0 Å². The number of amides is 2. The highest BCUT2D eigenvalue weighted by atomic mass is 16.6. The summed E-state index contributed by atoms with van der Waals surface area (Å²) < 4.78 is 18.1. The molecule has 32 heavy (non-hydrogen) atoms. The van der Waals surface area contributed by atoms with Gasteiger partial charge in [-0.15, -0.1) is 0 Å². The minimum absolute atomic E-state index is 0.217. The van der Waals surface area contributed by atoms with Gasteiger partial charge in [-0.05, 0) is 31.7 Å². The lowest BCUT2D eigenvalue weighted by Crippen LogP contribution is -2.37. The Hall–Kier alpha value is -2.92. The van der Waals surface area contributed by atoms with E-state index in [0.29, 0.717) is 48.9 Å². The number of H-pyrrole nitrogens is 1. The Morgan fingerprint density at radius 1 is 1.25 bits per heavy atom. The predicted molar refractivity (Wildman–Crippen MR) is 112 cm³/mol. The summed E-state index contributed by atoms with van der Waals surface area (Å²) in [5, 5.41) is 14.1. The monoisotopic (exact) mass is 444 g/mol. The van der Waals surface area contributed by atoms with Crippen LogP contribution in [0.4, 0.5) is 10.6 Å². The topological polar surface area (TPSA) is 124 Å². The average Bonchev–Trinajstić information content (AvgIpc) is 3.57. The summed E-state index contributed by atoms with van der Waals surface area (Å²) in [6.07, 6.45) is 4.10. The molecule has 0 aromatic carbocycles. The molecule has 11 heteroatoms. The van der Waals surface area contributed by atoms with E-state index in [4.69, 9.17) is 14.2 Å². The molecule has 3 fully saturated rings. The molecule has 2 aromatic heterocycles. The molecule has 5 rings (SSSR count). The van der Waals surface area contributed by atoms with E-state index >= 15 is 0 Å². The SMILES string of the molecule is COCc1cc(C(=O)Nc2cc([C@@H]3C[C@H](OC(=O)N4C5CCC4CC5)CO3)[nH]n2)n(C)n1. The molecule has 3 aliphatic heterocycles. The second-order valence-corrected chi connectivity index (χ2v) is 8.67. The first-order chi connectivity index (χ1) is 15.5. The van der Waals surface area contributed by atoms with Crippen molar-refractivity contribution in [3.63, 3.8) is 0 Å². The number of carbonyl (C=O) groups excluding carboxylic acids is 2. The summed E-state index contributed by atoms with van der Waals surface area (Å²) in [4.78, 5) is 27.1. The lowest BCUT2D eigenvalue weighted by Gasteiger charge is -2.23. The van der Waals surface area contributed by atoms with E-state index < -0.39 is 0 Å². The van der Waals surface area contributed by atoms with Crippen LogP contribution >= 0.6 is 0 Å². The van der Waals surface area contributed by atoms with Crippen LogP contribution in [0.5, 0.6) is 0 Å².